The van der Waals surface area contributed by atoms with Crippen molar-refractivity contribution in [2.45, 2.75) is 13.0 Å². The maximum atomic E-state index is 12.6. The van der Waals surface area contributed by atoms with Crippen LogP contribution in [-0.2, 0) is 4.79 Å². The molecule has 0 saturated heterocycles. The average Bonchev–Trinajstić information content (AvgIpc) is 3.02. The maximum Gasteiger partial charge on any atom is 0.274 e. The summed E-state index contributed by atoms with van der Waals surface area (Å²) < 4.78 is 0. The van der Waals surface area contributed by atoms with E-state index in [2.05, 4.69) is 15.5 Å². The fourth-order valence-corrected chi connectivity index (χ4v) is 2.43. The number of nitrogens with zero attached hydrogens (tertiary/aromatic N) is 3. The number of primary amides is 1. The topological polar surface area (TPSA) is 103 Å². The van der Waals surface area contributed by atoms with Crippen molar-refractivity contribution in [2.24, 2.45) is 5.73 Å². The number of hydrogen-bond donors (Lipinski definition) is 2. The minimum Gasteiger partial charge on any atom is -0.368 e. The third kappa shape index (κ3) is 3.55. The fraction of sp³-hybridized carbons (Fsp3) is 0.111. The van der Waals surface area contributed by atoms with Crippen molar-refractivity contribution < 1.29 is 9.59 Å². The van der Waals surface area contributed by atoms with E-state index in [0.717, 1.165) is 5.69 Å². The van der Waals surface area contributed by atoms with E-state index in [-0.39, 0.29) is 5.69 Å². The number of carbonyl (C=O) groups is 2. The molecule has 126 valence electrons. The van der Waals surface area contributed by atoms with Crippen molar-refractivity contribution in [3.8, 4) is 5.69 Å². The predicted octanol–water partition coefficient (Wildman–Crippen LogP) is 1.53. The number of hydrogen-bond acceptors (Lipinski definition) is 4. The van der Waals surface area contributed by atoms with Gasteiger partial charge in [0.15, 0.2) is 5.69 Å². The minimum atomic E-state index is -0.935. The lowest BCUT2D eigenvalue weighted by Crippen LogP contribution is -2.37. The molecule has 1 aromatic heterocycles. The monoisotopic (exact) mass is 335 g/mol. The van der Waals surface area contributed by atoms with Crippen LogP contribution < -0.4 is 11.1 Å². The molecule has 3 aromatic rings. The van der Waals surface area contributed by atoms with Gasteiger partial charge in [0, 0.05) is 0 Å². The normalized spacial score (nSPS) is 11.7. The highest BCUT2D eigenvalue weighted by Gasteiger charge is 2.24. The Morgan fingerprint density at radius 3 is 2.20 bits per heavy atom. The molecular weight excluding hydrogens is 318 g/mol. The minimum absolute atomic E-state index is 0.144. The van der Waals surface area contributed by atoms with Crippen LogP contribution in [0.1, 0.15) is 27.8 Å². The van der Waals surface area contributed by atoms with Crippen LogP contribution in [0.5, 0.6) is 0 Å². The molecule has 0 radical (unpaired) electrons. The Labute approximate surface area is 144 Å². The van der Waals surface area contributed by atoms with Gasteiger partial charge in [-0.1, -0.05) is 48.5 Å². The summed E-state index contributed by atoms with van der Waals surface area (Å²) in [5.74, 6) is -1.15. The highest BCUT2D eigenvalue weighted by molar-refractivity contribution is 5.96. The molecule has 1 atom stereocenters. The smallest absolute Gasteiger partial charge is 0.274 e. The molecule has 7 heteroatoms. The summed E-state index contributed by atoms with van der Waals surface area (Å²) in [6.45, 7) is 1.68. The number of aromatic nitrogens is 3. The molecule has 25 heavy (non-hydrogen) atoms. The van der Waals surface area contributed by atoms with Crippen LogP contribution in [0.4, 0.5) is 0 Å². The van der Waals surface area contributed by atoms with Crippen LogP contribution >= 0.6 is 0 Å². The summed E-state index contributed by atoms with van der Waals surface area (Å²) in [5.41, 5.74) is 7.38. The summed E-state index contributed by atoms with van der Waals surface area (Å²) >= 11 is 0. The quantitative estimate of drug-likeness (QED) is 0.738. The van der Waals surface area contributed by atoms with E-state index >= 15 is 0 Å². The number of para-hydroxylation sites is 1. The molecule has 0 aliphatic heterocycles. The van der Waals surface area contributed by atoms with E-state index in [9.17, 15) is 9.59 Å². The number of nitrogens with one attached hydrogen (secondary N) is 1. The van der Waals surface area contributed by atoms with Gasteiger partial charge < -0.3 is 11.1 Å². The lowest BCUT2D eigenvalue weighted by Gasteiger charge is -2.15. The molecule has 2 aromatic carbocycles. The van der Waals surface area contributed by atoms with Gasteiger partial charge in [-0.25, -0.2) is 0 Å². The first kappa shape index (κ1) is 16.4. The zero-order valence-electron chi connectivity index (χ0n) is 13.6. The Balaban J connectivity index is 1.86. The van der Waals surface area contributed by atoms with E-state index in [1.54, 1.807) is 31.2 Å². The third-order valence-corrected chi connectivity index (χ3v) is 3.68. The van der Waals surface area contributed by atoms with Crippen LogP contribution in [0.3, 0.4) is 0 Å². The Kier molecular flexibility index (Phi) is 4.56. The van der Waals surface area contributed by atoms with Crippen molar-refractivity contribution in [3.05, 3.63) is 77.6 Å². The summed E-state index contributed by atoms with van der Waals surface area (Å²) in [6.07, 6.45) is 0. The van der Waals surface area contributed by atoms with Crippen molar-refractivity contribution in [2.75, 3.05) is 0 Å². The van der Waals surface area contributed by atoms with Gasteiger partial charge in [0.05, 0.1) is 11.4 Å². The second kappa shape index (κ2) is 6.96. The third-order valence-electron chi connectivity index (χ3n) is 3.68. The van der Waals surface area contributed by atoms with E-state index < -0.39 is 17.9 Å². The van der Waals surface area contributed by atoms with Crippen LogP contribution in [0.15, 0.2) is 60.7 Å². The Bertz CT molecular complexity index is 890. The van der Waals surface area contributed by atoms with Crippen LogP contribution in [0, 0.1) is 6.92 Å². The van der Waals surface area contributed by atoms with Gasteiger partial charge in [0.1, 0.15) is 6.04 Å². The van der Waals surface area contributed by atoms with Crippen molar-refractivity contribution in [1.82, 2.24) is 20.3 Å². The molecule has 0 unspecified atom stereocenters. The number of amides is 2. The zero-order valence-corrected chi connectivity index (χ0v) is 13.6. The first-order chi connectivity index (χ1) is 12.1. The molecule has 0 fully saturated rings. The van der Waals surface area contributed by atoms with Crippen molar-refractivity contribution in [3.63, 3.8) is 0 Å². The first-order valence-electron chi connectivity index (χ1n) is 7.71. The molecule has 0 aliphatic rings. The standard InChI is InChI=1S/C18H17N5O2/c1-12-15(22-23(21-12)14-10-6-3-7-11-14)18(25)20-16(17(19)24)13-8-4-2-5-9-13/h2-11,16H,1H3,(H2,19,24)(H,20,25)/t16-/m0/s1. The molecule has 1 heterocycles. The van der Waals surface area contributed by atoms with Crippen LogP contribution in [0.2, 0.25) is 0 Å². The lowest BCUT2D eigenvalue weighted by molar-refractivity contribution is -0.120. The summed E-state index contributed by atoms with van der Waals surface area (Å²) in [4.78, 5) is 25.7. The number of rotatable bonds is 5. The molecule has 7 nitrogen and oxygen atoms in total. The maximum absolute atomic E-state index is 12.6. The van der Waals surface area contributed by atoms with Gasteiger partial charge in [-0.2, -0.15) is 9.90 Å². The molecule has 0 bridgehead atoms. The van der Waals surface area contributed by atoms with Gasteiger partial charge in [-0.05, 0) is 24.6 Å². The second-order valence-corrected chi connectivity index (χ2v) is 5.48. The molecular formula is C18H17N5O2. The van der Waals surface area contributed by atoms with Crippen molar-refractivity contribution in [1.29, 1.82) is 0 Å². The Morgan fingerprint density at radius 1 is 1.00 bits per heavy atom. The summed E-state index contributed by atoms with van der Waals surface area (Å²) in [7, 11) is 0. The van der Waals surface area contributed by atoms with E-state index in [1.165, 1.54) is 4.80 Å². The van der Waals surface area contributed by atoms with Gasteiger partial charge in [-0.15, -0.1) is 5.10 Å². The molecule has 0 saturated carbocycles. The number of benzene rings is 2. The number of aryl methyl sites for hydroxylation is 1. The Hall–Kier alpha value is -3.48. The second-order valence-electron chi connectivity index (χ2n) is 5.48. The Morgan fingerprint density at radius 2 is 1.60 bits per heavy atom. The molecule has 0 spiro atoms. The van der Waals surface area contributed by atoms with Crippen LogP contribution in [0.25, 0.3) is 5.69 Å². The fourth-order valence-electron chi connectivity index (χ4n) is 2.43. The van der Waals surface area contributed by atoms with Gasteiger partial charge in [-0.3, -0.25) is 9.59 Å². The molecule has 2 amide bonds. The van der Waals surface area contributed by atoms with E-state index in [1.807, 2.05) is 36.4 Å². The van der Waals surface area contributed by atoms with Crippen LogP contribution in [-0.4, -0.2) is 26.8 Å². The van der Waals surface area contributed by atoms with E-state index in [0.29, 0.717) is 11.3 Å². The van der Waals surface area contributed by atoms with E-state index in [4.69, 9.17) is 5.73 Å². The van der Waals surface area contributed by atoms with Gasteiger partial charge >= 0.3 is 0 Å². The zero-order chi connectivity index (χ0) is 17.8. The SMILES string of the molecule is Cc1nn(-c2ccccc2)nc1C(=O)N[C@H](C(N)=O)c1ccccc1. The number of carbonyl (C=O) groups excluding carboxylic acids is 2. The molecule has 3 N–H and O–H groups in total. The molecule has 3 rings (SSSR count). The first-order valence-corrected chi connectivity index (χ1v) is 7.71. The highest BCUT2D eigenvalue weighted by Crippen LogP contribution is 2.14. The van der Waals surface area contributed by atoms with Gasteiger partial charge in [0.2, 0.25) is 5.91 Å². The average molecular weight is 335 g/mol. The largest absolute Gasteiger partial charge is 0.368 e. The lowest BCUT2D eigenvalue weighted by atomic mass is 10.1. The van der Waals surface area contributed by atoms with Crippen molar-refractivity contribution >= 4 is 11.8 Å². The summed E-state index contributed by atoms with van der Waals surface area (Å²) in [5, 5.41) is 11.1. The molecule has 0 aliphatic carbocycles. The number of nitrogens with two attached hydrogens (primary N) is 1. The predicted molar refractivity (Wildman–Crippen MR) is 91.9 cm³/mol. The summed E-state index contributed by atoms with van der Waals surface area (Å²) in [6, 6.07) is 17.1. The highest BCUT2D eigenvalue weighted by atomic mass is 16.2. The van der Waals surface area contributed by atoms with Gasteiger partial charge in [0.25, 0.3) is 5.91 Å².